The minimum absolute atomic E-state index is 0.00631. The highest BCUT2D eigenvalue weighted by atomic mass is 32.2. The third-order valence-corrected chi connectivity index (χ3v) is 17.2. The first-order chi connectivity index (χ1) is 33.7. The number of halogens is 3. The largest absolute Gasteiger partial charge is 0.372 e. The van der Waals surface area contributed by atoms with Crippen LogP contribution < -0.4 is 19.8 Å². The first-order valence-corrected chi connectivity index (χ1v) is 25.7. The van der Waals surface area contributed by atoms with Crippen LogP contribution in [-0.4, -0.2) is 127 Å². The van der Waals surface area contributed by atoms with Crippen LogP contribution in [0.1, 0.15) is 83.2 Å². The summed E-state index contributed by atoms with van der Waals surface area (Å²) in [5.74, 6) is -3.74. The smallest absolute Gasteiger partial charge is 0.301 e. The number of hydrogen-bond donors (Lipinski definition) is 3. The number of ketones is 1. The van der Waals surface area contributed by atoms with Gasteiger partial charge in [-0.05, 0) is 122 Å². The molecule has 1 unspecified atom stereocenters. The number of benzene rings is 3. The number of amides is 3. The van der Waals surface area contributed by atoms with E-state index in [2.05, 4.69) is 52.9 Å². The van der Waals surface area contributed by atoms with Crippen molar-refractivity contribution in [2.24, 2.45) is 11.3 Å². The van der Waals surface area contributed by atoms with E-state index in [0.717, 1.165) is 110 Å². The predicted octanol–water partition coefficient (Wildman–Crippen LogP) is 6.41. The second-order valence-electron chi connectivity index (χ2n) is 20.0. The van der Waals surface area contributed by atoms with E-state index < -0.39 is 57.0 Å². The lowest BCUT2D eigenvalue weighted by Crippen LogP contribution is -2.52. The zero-order valence-corrected chi connectivity index (χ0v) is 39.4. The van der Waals surface area contributed by atoms with Crippen LogP contribution in [0.4, 0.5) is 30.2 Å². The quantitative estimate of drug-likeness (QED) is 0.0993. The summed E-state index contributed by atoms with van der Waals surface area (Å²) in [5, 5.41) is 2.72. The second-order valence-corrected chi connectivity index (χ2v) is 21.6. The third kappa shape index (κ3) is 8.69. The van der Waals surface area contributed by atoms with Gasteiger partial charge in [-0.15, -0.1) is 0 Å². The van der Waals surface area contributed by atoms with Gasteiger partial charge in [-0.2, -0.15) is 12.7 Å². The van der Waals surface area contributed by atoms with Crippen molar-refractivity contribution >= 4 is 61.8 Å². The normalized spacial score (nSPS) is 22.4. The van der Waals surface area contributed by atoms with Crippen LogP contribution in [0.2, 0.25) is 0 Å². The van der Waals surface area contributed by atoms with Crippen molar-refractivity contribution in [1.82, 2.24) is 29.4 Å². The molecule has 0 saturated carbocycles. The van der Waals surface area contributed by atoms with Gasteiger partial charge >= 0.3 is 10.2 Å². The molecule has 1 spiro atoms. The van der Waals surface area contributed by atoms with E-state index in [1.807, 2.05) is 24.3 Å². The summed E-state index contributed by atoms with van der Waals surface area (Å²) in [6.45, 7) is 7.06. The number of nitrogens with zero attached hydrogens (tertiary/aromatic N) is 6. The molecule has 70 heavy (non-hydrogen) atoms. The van der Waals surface area contributed by atoms with Crippen LogP contribution in [0.5, 0.6) is 0 Å². The molecule has 5 aromatic rings. The Labute approximate surface area is 403 Å². The molecule has 0 radical (unpaired) electrons. The minimum atomic E-state index is -4.35. The number of piperidine rings is 3. The van der Waals surface area contributed by atoms with Gasteiger partial charge in [-0.3, -0.25) is 29.2 Å². The Balaban J connectivity index is 0.675. The number of carbonyl (C=O) groups excluding carboxylic acids is 4. The van der Waals surface area contributed by atoms with Gasteiger partial charge in [-0.1, -0.05) is 12.1 Å². The van der Waals surface area contributed by atoms with Crippen LogP contribution in [-0.2, 0) is 26.3 Å². The lowest BCUT2D eigenvalue weighted by molar-refractivity contribution is -0.136. The lowest BCUT2D eigenvalue weighted by atomic mass is 9.77. The first-order valence-electron chi connectivity index (χ1n) is 24.2. The maximum absolute atomic E-state index is 15.8. The number of H-pyrrole nitrogens is 1. The number of fused-ring (bicyclic) bond motifs is 2. The van der Waals surface area contributed by atoms with Crippen molar-refractivity contribution in [3.8, 4) is 11.1 Å². The lowest BCUT2D eigenvalue weighted by Gasteiger charge is -2.41. The van der Waals surface area contributed by atoms with Crippen molar-refractivity contribution < 1.29 is 40.8 Å². The molecule has 6 aliphatic heterocycles. The zero-order valence-electron chi connectivity index (χ0n) is 38.6. The van der Waals surface area contributed by atoms with Gasteiger partial charge in [0.05, 0.1) is 11.3 Å². The van der Waals surface area contributed by atoms with Gasteiger partial charge < -0.3 is 24.6 Å². The SMILES string of the molecule is O=C1CCC(N2Cc3cc(N4CCC(CN5CCC6(CCN(c7ccc(-c8cnc9[nH]cc(C(=O)c%10c(F)ccc(NS(=O)(=O)N%11CC[C@@H](F)C%11)c%10F)c9c8)cc7)CC6)C5)CC4)ccc3C2=O)C(=O)N1. The Morgan fingerprint density at radius 2 is 1.59 bits per heavy atom. The number of nitrogens with one attached hydrogen (secondary N) is 3. The fourth-order valence-corrected chi connectivity index (χ4v) is 12.9. The molecule has 5 saturated heterocycles. The molecular weight excluding hydrogens is 924 g/mol. The number of imide groups is 1. The number of pyridine rings is 1. The maximum Gasteiger partial charge on any atom is 0.301 e. The summed E-state index contributed by atoms with van der Waals surface area (Å²) in [6.07, 6.45) is 7.88. The number of aromatic nitrogens is 2. The molecule has 3 N–H and O–H groups in total. The molecular formula is C51H54F3N9O6S. The van der Waals surface area contributed by atoms with E-state index in [1.54, 1.807) is 17.2 Å². The summed E-state index contributed by atoms with van der Waals surface area (Å²) in [6, 6.07) is 17.0. The van der Waals surface area contributed by atoms with Crippen LogP contribution in [0.25, 0.3) is 22.2 Å². The predicted molar refractivity (Wildman–Crippen MR) is 257 cm³/mol. The molecule has 366 valence electrons. The molecule has 5 fully saturated rings. The fraction of sp³-hybridized carbons (Fsp3) is 0.431. The molecule has 15 nitrogen and oxygen atoms in total. The number of alkyl halides is 1. The number of rotatable bonds is 11. The number of carbonyl (C=O) groups is 4. The average Bonchev–Trinajstić information content (AvgIpc) is 4.16. The monoisotopic (exact) mass is 977 g/mol. The van der Waals surface area contributed by atoms with E-state index in [4.69, 9.17) is 0 Å². The first kappa shape index (κ1) is 46.1. The second kappa shape index (κ2) is 18.1. The number of hydrogen-bond acceptors (Lipinski definition) is 10. The summed E-state index contributed by atoms with van der Waals surface area (Å²) in [4.78, 5) is 67.7. The average molecular weight is 978 g/mol. The van der Waals surface area contributed by atoms with Crippen LogP contribution in [0, 0.1) is 23.0 Å². The van der Waals surface area contributed by atoms with Gasteiger partial charge in [0.25, 0.3) is 5.91 Å². The summed E-state index contributed by atoms with van der Waals surface area (Å²) < 4.78 is 73.3. The topological polar surface area (TPSA) is 171 Å². The van der Waals surface area contributed by atoms with Crippen LogP contribution >= 0.6 is 0 Å². The van der Waals surface area contributed by atoms with Crippen molar-refractivity contribution in [2.75, 3.05) is 73.4 Å². The highest BCUT2D eigenvalue weighted by molar-refractivity contribution is 7.90. The van der Waals surface area contributed by atoms with Crippen molar-refractivity contribution in [1.29, 1.82) is 0 Å². The Bertz CT molecular complexity index is 3030. The number of anilines is 3. The van der Waals surface area contributed by atoms with Gasteiger partial charge in [0.2, 0.25) is 17.6 Å². The van der Waals surface area contributed by atoms with Crippen LogP contribution in [0.3, 0.4) is 0 Å². The van der Waals surface area contributed by atoms with E-state index in [1.165, 1.54) is 12.6 Å². The molecule has 8 heterocycles. The molecule has 0 bridgehead atoms. The van der Waals surface area contributed by atoms with Crippen molar-refractivity contribution in [3.63, 3.8) is 0 Å². The van der Waals surface area contributed by atoms with Gasteiger partial charge in [0.1, 0.15) is 23.7 Å². The molecule has 6 aliphatic rings. The Morgan fingerprint density at radius 1 is 0.843 bits per heavy atom. The van der Waals surface area contributed by atoms with Gasteiger partial charge in [0, 0.05) is 111 Å². The molecule has 2 aromatic heterocycles. The van der Waals surface area contributed by atoms with Gasteiger partial charge in [0.15, 0.2) is 5.82 Å². The summed E-state index contributed by atoms with van der Waals surface area (Å²) in [7, 11) is -4.35. The Morgan fingerprint density at radius 3 is 2.33 bits per heavy atom. The van der Waals surface area contributed by atoms with Crippen molar-refractivity contribution in [2.45, 2.75) is 70.1 Å². The van der Waals surface area contributed by atoms with E-state index in [0.29, 0.717) is 46.5 Å². The molecule has 0 aliphatic carbocycles. The molecule has 3 aromatic carbocycles. The Hall–Kier alpha value is -6.31. The molecule has 2 atom stereocenters. The van der Waals surface area contributed by atoms with Crippen molar-refractivity contribution in [3.05, 3.63) is 107 Å². The number of aromatic amines is 1. The zero-order chi connectivity index (χ0) is 48.5. The maximum atomic E-state index is 15.8. The van der Waals surface area contributed by atoms with E-state index in [9.17, 15) is 32.0 Å². The summed E-state index contributed by atoms with van der Waals surface area (Å²) in [5.41, 5.74) is 4.40. The van der Waals surface area contributed by atoms with E-state index >= 15 is 8.78 Å². The Kier molecular flexibility index (Phi) is 11.9. The highest BCUT2D eigenvalue weighted by Gasteiger charge is 2.42. The minimum Gasteiger partial charge on any atom is -0.372 e. The standard InChI is InChI=1S/C51H54F3N9O6S/c52-35-13-19-62(29-35)70(68,69)58-42-8-7-41(53)45(46(42)54)47(65)40-26-56-48-39(40)24-33(25-55-48)32-1-3-36(4-2-32)61-21-15-51(16-22-61)14-20-59(30-51)27-31-11-17-60(18-12-31)37-5-6-38-34(23-37)28-63(50(38)67)43-9-10-44(64)57-49(43)66/h1-8,23-26,31,35,43,58H,9-22,27-30H2,(H,55,56)(H,57,64,66)/t35-,43?/m1/s1. The molecule has 11 rings (SSSR count). The molecule has 19 heteroatoms. The fourth-order valence-electron chi connectivity index (χ4n) is 11.6. The molecule has 3 amide bonds. The summed E-state index contributed by atoms with van der Waals surface area (Å²) >= 11 is 0. The highest BCUT2D eigenvalue weighted by Crippen LogP contribution is 2.43. The van der Waals surface area contributed by atoms with Crippen LogP contribution in [0.15, 0.2) is 73.1 Å². The third-order valence-electron chi connectivity index (χ3n) is 15.7. The van der Waals surface area contributed by atoms with Gasteiger partial charge in [-0.25, -0.2) is 18.2 Å². The number of likely N-dealkylation sites (tertiary alicyclic amines) is 1. The van der Waals surface area contributed by atoms with E-state index in [-0.39, 0.29) is 43.3 Å².